The Labute approximate surface area is 95.0 Å². The van der Waals surface area contributed by atoms with Gasteiger partial charge in [-0.25, -0.2) is 0 Å². The monoisotopic (exact) mass is 241 g/mol. The van der Waals surface area contributed by atoms with Crippen LogP contribution in [0.5, 0.6) is 0 Å². The topological polar surface area (TPSA) is 49.9 Å². The van der Waals surface area contributed by atoms with E-state index in [1.807, 2.05) is 0 Å². The molecular formula is C10H5Cl2NO2. The van der Waals surface area contributed by atoms with E-state index in [-0.39, 0.29) is 10.7 Å². The molecule has 2 aromatic rings. The molecule has 1 N–H and O–H groups in total. The molecule has 0 amide bonds. The molecule has 0 unspecified atom stereocenters. The molecule has 0 aliphatic rings. The lowest BCUT2D eigenvalue weighted by Crippen LogP contribution is -2.07. The van der Waals surface area contributed by atoms with Crippen LogP contribution in [0.4, 0.5) is 0 Å². The summed E-state index contributed by atoms with van der Waals surface area (Å²) in [6, 6.07) is 7.01. The third kappa shape index (κ3) is 1.64. The Kier molecular flexibility index (Phi) is 2.50. The smallest absolute Gasteiger partial charge is 0.293 e. The largest absolute Gasteiger partial charge is 0.345 e. The van der Waals surface area contributed by atoms with Gasteiger partial charge < -0.3 is 4.98 Å². The normalized spacial score (nSPS) is 10.5. The molecule has 2 rings (SSSR count). The van der Waals surface area contributed by atoms with Crippen LogP contribution in [-0.4, -0.2) is 16.0 Å². The average molecular weight is 242 g/mol. The van der Waals surface area contributed by atoms with Gasteiger partial charge in [0.1, 0.15) is 5.15 Å². The molecule has 0 fully saturated rings. The average Bonchev–Trinajstić information content (AvgIpc) is 2.52. The summed E-state index contributed by atoms with van der Waals surface area (Å²) in [7, 11) is 0. The summed E-state index contributed by atoms with van der Waals surface area (Å²) in [6.07, 6.45) is 0. The number of hydrogen-bond acceptors (Lipinski definition) is 2. The van der Waals surface area contributed by atoms with Crippen LogP contribution in [0.2, 0.25) is 5.15 Å². The van der Waals surface area contributed by atoms with Crippen LogP contribution in [0.25, 0.3) is 10.9 Å². The van der Waals surface area contributed by atoms with E-state index in [0.717, 1.165) is 0 Å². The van der Waals surface area contributed by atoms with Crippen molar-refractivity contribution in [3.05, 3.63) is 35.0 Å². The minimum Gasteiger partial charge on any atom is -0.345 e. The van der Waals surface area contributed by atoms with E-state index in [2.05, 4.69) is 4.98 Å². The van der Waals surface area contributed by atoms with Crippen LogP contribution in [0.1, 0.15) is 10.4 Å². The molecule has 1 aromatic carbocycles. The highest BCUT2D eigenvalue weighted by Gasteiger charge is 2.21. The number of nitrogens with one attached hydrogen (secondary N) is 1. The maximum Gasteiger partial charge on any atom is 0.293 e. The van der Waals surface area contributed by atoms with Gasteiger partial charge in [0.25, 0.3) is 5.24 Å². The van der Waals surface area contributed by atoms with Crippen LogP contribution in [-0.2, 0) is 4.79 Å². The molecule has 1 aromatic heterocycles. The minimum atomic E-state index is -1.04. The summed E-state index contributed by atoms with van der Waals surface area (Å²) in [5.74, 6) is -0.792. The number of carbonyl (C=O) groups excluding carboxylic acids is 2. The van der Waals surface area contributed by atoms with Crippen molar-refractivity contribution in [2.75, 3.05) is 0 Å². The van der Waals surface area contributed by atoms with E-state index >= 15 is 0 Å². The highest BCUT2D eigenvalue weighted by Crippen LogP contribution is 2.26. The zero-order valence-corrected chi connectivity index (χ0v) is 8.89. The van der Waals surface area contributed by atoms with E-state index in [0.29, 0.717) is 10.9 Å². The number of halogens is 2. The standard InChI is InChI=1S/C10H5Cl2NO2/c11-9-7(8(14)10(12)15)5-3-1-2-4-6(5)13-9/h1-4,13H. The Hall–Kier alpha value is -1.32. The van der Waals surface area contributed by atoms with Crippen molar-refractivity contribution in [2.45, 2.75) is 0 Å². The molecule has 0 saturated heterocycles. The van der Waals surface area contributed by atoms with Crippen molar-refractivity contribution in [1.82, 2.24) is 4.98 Å². The highest BCUT2D eigenvalue weighted by atomic mass is 35.5. The molecule has 0 aliphatic carbocycles. The SMILES string of the molecule is O=C(Cl)C(=O)c1c(Cl)[nH]c2ccccc12. The van der Waals surface area contributed by atoms with Crippen LogP contribution >= 0.6 is 23.2 Å². The molecule has 5 heteroatoms. The summed E-state index contributed by atoms with van der Waals surface area (Å²) < 4.78 is 0. The molecule has 15 heavy (non-hydrogen) atoms. The Morgan fingerprint density at radius 2 is 1.87 bits per heavy atom. The Bertz CT molecular complexity index is 560. The van der Waals surface area contributed by atoms with E-state index in [4.69, 9.17) is 23.2 Å². The number of hydrogen-bond donors (Lipinski definition) is 1. The van der Waals surface area contributed by atoms with Crippen molar-refractivity contribution in [3.63, 3.8) is 0 Å². The lowest BCUT2D eigenvalue weighted by Gasteiger charge is -1.93. The summed E-state index contributed by atoms with van der Waals surface area (Å²) in [4.78, 5) is 25.0. The fourth-order valence-electron chi connectivity index (χ4n) is 1.43. The second-order valence-electron chi connectivity index (χ2n) is 2.96. The number of aromatic amines is 1. The van der Waals surface area contributed by atoms with E-state index in [9.17, 15) is 9.59 Å². The summed E-state index contributed by atoms with van der Waals surface area (Å²) in [5.41, 5.74) is 0.830. The molecule has 0 radical (unpaired) electrons. The first-order valence-electron chi connectivity index (χ1n) is 4.11. The number of Topliss-reactive ketones (excluding diaryl/α,β-unsaturated/α-hetero) is 1. The maximum absolute atomic E-state index is 11.5. The predicted molar refractivity (Wildman–Crippen MR) is 58.5 cm³/mol. The van der Waals surface area contributed by atoms with Gasteiger partial charge in [0.15, 0.2) is 0 Å². The number of rotatable bonds is 2. The molecule has 0 bridgehead atoms. The highest BCUT2D eigenvalue weighted by molar-refractivity contribution is 6.83. The first-order valence-corrected chi connectivity index (χ1v) is 4.87. The third-order valence-electron chi connectivity index (χ3n) is 2.07. The van der Waals surface area contributed by atoms with Gasteiger partial charge in [0.05, 0.1) is 5.56 Å². The lowest BCUT2D eigenvalue weighted by molar-refractivity contribution is -0.108. The zero-order chi connectivity index (χ0) is 11.0. The van der Waals surface area contributed by atoms with Crippen molar-refractivity contribution < 1.29 is 9.59 Å². The molecule has 3 nitrogen and oxygen atoms in total. The van der Waals surface area contributed by atoms with Gasteiger partial charge in [0, 0.05) is 10.9 Å². The Morgan fingerprint density at radius 3 is 2.53 bits per heavy atom. The quantitative estimate of drug-likeness (QED) is 0.500. The van der Waals surface area contributed by atoms with Gasteiger partial charge in [-0.1, -0.05) is 29.8 Å². The molecule has 1 heterocycles. The van der Waals surface area contributed by atoms with Crippen LogP contribution in [0, 0.1) is 0 Å². The summed E-state index contributed by atoms with van der Waals surface area (Å²) in [6.45, 7) is 0. The number of aromatic nitrogens is 1. The number of carbonyl (C=O) groups is 2. The molecule has 0 atom stereocenters. The van der Waals surface area contributed by atoms with Crippen molar-refractivity contribution in [3.8, 4) is 0 Å². The number of ketones is 1. The molecule has 0 aliphatic heterocycles. The van der Waals surface area contributed by atoms with Gasteiger partial charge >= 0.3 is 0 Å². The molecule has 0 spiro atoms. The van der Waals surface area contributed by atoms with Gasteiger partial charge in [0.2, 0.25) is 5.78 Å². The lowest BCUT2D eigenvalue weighted by atomic mass is 10.1. The molecular weight excluding hydrogens is 237 g/mol. The summed E-state index contributed by atoms with van der Waals surface area (Å²) in [5, 5.41) is -0.307. The first kappa shape index (κ1) is 10.2. The third-order valence-corrected chi connectivity index (χ3v) is 2.52. The zero-order valence-electron chi connectivity index (χ0n) is 7.38. The number of H-pyrrole nitrogens is 1. The maximum atomic E-state index is 11.5. The van der Waals surface area contributed by atoms with Gasteiger partial charge in [-0.2, -0.15) is 0 Å². The Balaban J connectivity index is 2.74. The van der Waals surface area contributed by atoms with Crippen LogP contribution in [0.3, 0.4) is 0 Å². The number of benzene rings is 1. The Morgan fingerprint density at radius 1 is 1.20 bits per heavy atom. The van der Waals surface area contributed by atoms with Crippen molar-refractivity contribution >= 4 is 45.1 Å². The second-order valence-corrected chi connectivity index (χ2v) is 3.68. The molecule has 0 saturated carbocycles. The van der Waals surface area contributed by atoms with Crippen LogP contribution in [0.15, 0.2) is 24.3 Å². The van der Waals surface area contributed by atoms with E-state index < -0.39 is 11.0 Å². The first-order chi connectivity index (χ1) is 7.11. The number of para-hydroxylation sites is 1. The van der Waals surface area contributed by atoms with Gasteiger partial charge in [-0.05, 0) is 17.7 Å². The number of fused-ring (bicyclic) bond motifs is 1. The predicted octanol–water partition coefficient (Wildman–Crippen LogP) is 2.77. The minimum absolute atomic E-state index is 0.132. The van der Waals surface area contributed by atoms with Gasteiger partial charge in [-0.3, -0.25) is 9.59 Å². The van der Waals surface area contributed by atoms with Crippen molar-refractivity contribution in [2.24, 2.45) is 0 Å². The van der Waals surface area contributed by atoms with E-state index in [1.54, 1.807) is 24.3 Å². The van der Waals surface area contributed by atoms with E-state index in [1.165, 1.54) is 0 Å². The summed E-state index contributed by atoms with van der Waals surface area (Å²) >= 11 is 11.0. The fraction of sp³-hybridized carbons (Fsp3) is 0. The second kappa shape index (κ2) is 3.68. The van der Waals surface area contributed by atoms with Crippen LogP contribution < -0.4 is 0 Å². The van der Waals surface area contributed by atoms with Gasteiger partial charge in [-0.15, -0.1) is 0 Å². The molecule has 76 valence electrons. The fourth-order valence-corrected chi connectivity index (χ4v) is 1.81. The van der Waals surface area contributed by atoms with Crippen molar-refractivity contribution in [1.29, 1.82) is 0 Å².